The third-order valence-corrected chi connectivity index (χ3v) is 4.74. The molecule has 0 spiro atoms. The second-order valence-corrected chi connectivity index (χ2v) is 6.83. The van der Waals surface area contributed by atoms with Crippen molar-refractivity contribution in [1.82, 2.24) is 10.2 Å². The Balaban J connectivity index is 1.94. The van der Waals surface area contributed by atoms with Gasteiger partial charge in [-0.1, -0.05) is 15.9 Å². The number of aromatic amines is 1. The number of hydrogen-bond donors (Lipinski definition) is 2. The molecule has 0 amide bonds. The third kappa shape index (κ3) is 2.54. The van der Waals surface area contributed by atoms with E-state index in [1.165, 1.54) is 0 Å². The molecule has 3 aromatic rings. The molecule has 0 unspecified atom stereocenters. The number of hydrogen-bond acceptors (Lipinski definition) is 3. The number of H-pyrrole nitrogens is 1. The number of sulfonamides is 1. The van der Waals surface area contributed by atoms with Crippen LogP contribution in [0.3, 0.4) is 0 Å². The van der Waals surface area contributed by atoms with Crippen LogP contribution in [-0.2, 0) is 10.0 Å². The first-order valence-corrected chi connectivity index (χ1v) is 8.04. The fourth-order valence-electron chi connectivity index (χ4n) is 1.83. The molecule has 0 bridgehead atoms. The monoisotopic (exact) mass is 351 g/mol. The second kappa shape index (κ2) is 4.92. The van der Waals surface area contributed by atoms with Crippen LogP contribution in [0.1, 0.15) is 0 Å². The van der Waals surface area contributed by atoms with Crippen LogP contribution >= 0.6 is 15.9 Å². The Hall–Kier alpha value is -1.86. The number of nitrogens with zero attached hydrogens (tertiary/aromatic N) is 1. The Bertz CT molecular complexity index is 857. The SMILES string of the molecule is O=S(=O)(Nc1ccc2cn[nH]c2c1)c1ccc(Br)cc1. The molecule has 0 aliphatic carbocycles. The summed E-state index contributed by atoms with van der Waals surface area (Å²) in [5.74, 6) is 0. The lowest BCUT2D eigenvalue weighted by Crippen LogP contribution is -2.12. The van der Waals surface area contributed by atoms with E-state index in [0.29, 0.717) is 5.69 Å². The Morgan fingerprint density at radius 1 is 1.10 bits per heavy atom. The fourth-order valence-corrected chi connectivity index (χ4v) is 3.14. The van der Waals surface area contributed by atoms with Crippen LogP contribution in [-0.4, -0.2) is 18.6 Å². The highest BCUT2D eigenvalue weighted by atomic mass is 79.9. The first-order chi connectivity index (χ1) is 9.54. The molecule has 2 aromatic carbocycles. The summed E-state index contributed by atoms with van der Waals surface area (Å²) in [6, 6.07) is 11.7. The van der Waals surface area contributed by atoms with Crippen LogP contribution in [0.15, 0.2) is 58.0 Å². The van der Waals surface area contributed by atoms with Gasteiger partial charge in [0.25, 0.3) is 10.0 Å². The van der Waals surface area contributed by atoms with E-state index >= 15 is 0 Å². The second-order valence-electron chi connectivity index (χ2n) is 4.23. The lowest BCUT2D eigenvalue weighted by Gasteiger charge is -2.08. The molecule has 7 heteroatoms. The van der Waals surface area contributed by atoms with E-state index in [2.05, 4.69) is 30.8 Å². The van der Waals surface area contributed by atoms with E-state index in [-0.39, 0.29) is 4.90 Å². The highest BCUT2D eigenvalue weighted by Crippen LogP contribution is 2.21. The quantitative estimate of drug-likeness (QED) is 0.761. The summed E-state index contributed by atoms with van der Waals surface area (Å²) in [7, 11) is -3.59. The van der Waals surface area contributed by atoms with Crippen molar-refractivity contribution in [1.29, 1.82) is 0 Å². The van der Waals surface area contributed by atoms with Gasteiger partial charge in [-0.25, -0.2) is 8.42 Å². The molecule has 0 aliphatic rings. The van der Waals surface area contributed by atoms with Gasteiger partial charge >= 0.3 is 0 Å². The van der Waals surface area contributed by atoms with Crippen molar-refractivity contribution in [3.8, 4) is 0 Å². The van der Waals surface area contributed by atoms with E-state index in [0.717, 1.165) is 15.4 Å². The zero-order valence-electron chi connectivity index (χ0n) is 10.2. The van der Waals surface area contributed by atoms with Crippen molar-refractivity contribution in [3.63, 3.8) is 0 Å². The largest absolute Gasteiger partial charge is 0.280 e. The number of benzene rings is 2. The van der Waals surface area contributed by atoms with E-state index in [1.807, 2.05) is 0 Å². The van der Waals surface area contributed by atoms with E-state index in [9.17, 15) is 8.42 Å². The lowest BCUT2D eigenvalue weighted by molar-refractivity contribution is 0.601. The zero-order chi connectivity index (χ0) is 14.2. The number of rotatable bonds is 3. The molecule has 20 heavy (non-hydrogen) atoms. The molecule has 0 saturated heterocycles. The maximum absolute atomic E-state index is 12.2. The van der Waals surface area contributed by atoms with E-state index in [1.54, 1.807) is 48.7 Å². The normalized spacial score (nSPS) is 11.7. The minimum Gasteiger partial charge on any atom is -0.280 e. The molecule has 5 nitrogen and oxygen atoms in total. The molecule has 2 N–H and O–H groups in total. The van der Waals surface area contributed by atoms with E-state index < -0.39 is 10.0 Å². The van der Waals surface area contributed by atoms with Crippen LogP contribution in [0.25, 0.3) is 10.9 Å². The molecule has 3 rings (SSSR count). The minimum atomic E-state index is -3.59. The number of fused-ring (bicyclic) bond motifs is 1. The Morgan fingerprint density at radius 2 is 1.85 bits per heavy atom. The number of nitrogens with one attached hydrogen (secondary N) is 2. The summed E-state index contributed by atoms with van der Waals surface area (Å²) in [6.07, 6.45) is 1.68. The molecule has 0 atom stereocenters. The maximum atomic E-state index is 12.2. The van der Waals surface area contributed by atoms with Gasteiger partial charge in [0.05, 0.1) is 22.3 Å². The van der Waals surface area contributed by atoms with Gasteiger partial charge in [0.2, 0.25) is 0 Å². The van der Waals surface area contributed by atoms with Gasteiger partial charge in [-0.2, -0.15) is 5.10 Å². The summed E-state index contributed by atoms with van der Waals surface area (Å²) < 4.78 is 27.8. The molecular formula is C13H10BrN3O2S. The third-order valence-electron chi connectivity index (χ3n) is 2.82. The maximum Gasteiger partial charge on any atom is 0.261 e. The van der Waals surface area contributed by atoms with Gasteiger partial charge in [0.1, 0.15) is 0 Å². The molecule has 1 aromatic heterocycles. The lowest BCUT2D eigenvalue weighted by atomic mass is 10.2. The standard InChI is InChI=1S/C13H10BrN3O2S/c14-10-2-5-12(6-3-10)20(18,19)17-11-4-1-9-8-15-16-13(9)7-11/h1-8,17H,(H,15,16). The van der Waals surface area contributed by atoms with Gasteiger partial charge in [0.15, 0.2) is 0 Å². The summed E-state index contributed by atoms with van der Waals surface area (Å²) in [5.41, 5.74) is 1.27. The molecule has 0 radical (unpaired) electrons. The summed E-state index contributed by atoms with van der Waals surface area (Å²) in [6.45, 7) is 0. The van der Waals surface area contributed by atoms with Crippen molar-refractivity contribution in [2.45, 2.75) is 4.90 Å². The van der Waals surface area contributed by atoms with Crippen LogP contribution in [0.4, 0.5) is 5.69 Å². The van der Waals surface area contributed by atoms with Crippen molar-refractivity contribution in [2.75, 3.05) is 4.72 Å². The Kier molecular flexibility index (Phi) is 3.23. The Labute approximate surface area is 124 Å². The number of anilines is 1. The van der Waals surface area contributed by atoms with Crippen LogP contribution < -0.4 is 4.72 Å². The predicted molar refractivity (Wildman–Crippen MR) is 81.0 cm³/mol. The van der Waals surface area contributed by atoms with Crippen molar-refractivity contribution in [2.24, 2.45) is 0 Å². The van der Waals surface area contributed by atoms with Gasteiger partial charge in [-0.3, -0.25) is 9.82 Å². The molecule has 102 valence electrons. The van der Waals surface area contributed by atoms with Crippen molar-refractivity contribution >= 4 is 42.5 Å². The molecule has 0 aliphatic heterocycles. The van der Waals surface area contributed by atoms with Gasteiger partial charge < -0.3 is 0 Å². The predicted octanol–water partition coefficient (Wildman–Crippen LogP) is 3.13. The molecular weight excluding hydrogens is 342 g/mol. The van der Waals surface area contributed by atoms with Crippen LogP contribution in [0.5, 0.6) is 0 Å². The number of aromatic nitrogens is 2. The van der Waals surface area contributed by atoms with Crippen LogP contribution in [0.2, 0.25) is 0 Å². The average Bonchev–Trinajstić information content (AvgIpc) is 2.86. The summed E-state index contributed by atoms with van der Waals surface area (Å²) in [5, 5.41) is 7.63. The summed E-state index contributed by atoms with van der Waals surface area (Å²) in [4.78, 5) is 0.213. The van der Waals surface area contributed by atoms with E-state index in [4.69, 9.17) is 0 Å². The summed E-state index contributed by atoms with van der Waals surface area (Å²) >= 11 is 3.28. The highest BCUT2D eigenvalue weighted by Gasteiger charge is 2.14. The van der Waals surface area contributed by atoms with Crippen LogP contribution in [0, 0.1) is 0 Å². The average molecular weight is 352 g/mol. The first-order valence-electron chi connectivity index (χ1n) is 5.76. The molecule has 0 fully saturated rings. The van der Waals surface area contributed by atoms with Crippen molar-refractivity contribution < 1.29 is 8.42 Å². The molecule has 0 saturated carbocycles. The first kappa shape index (κ1) is 13.1. The zero-order valence-corrected chi connectivity index (χ0v) is 12.6. The topological polar surface area (TPSA) is 74.8 Å². The number of halogens is 1. The van der Waals surface area contributed by atoms with Gasteiger partial charge in [0, 0.05) is 9.86 Å². The van der Waals surface area contributed by atoms with Crippen molar-refractivity contribution in [3.05, 3.63) is 53.1 Å². The highest BCUT2D eigenvalue weighted by molar-refractivity contribution is 9.10. The smallest absolute Gasteiger partial charge is 0.261 e. The fraction of sp³-hybridized carbons (Fsp3) is 0. The molecule has 1 heterocycles. The minimum absolute atomic E-state index is 0.213. The van der Waals surface area contributed by atoms with Gasteiger partial charge in [-0.05, 0) is 42.5 Å². The Morgan fingerprint density at radius 3 is 2.60 bits per heavy atom. The van der Waals surface area contributed by atoms with Gasteiger partial charge in [-0.15, -0.1) is 0 Å².